The van der Waals surface area contributed by atoms with Crippen molar-refractivity contribution in [3.63, 3.8) is 0 Å². The Balaban J connectivity index is 1.66. The van der Waals surface area contributed by atoms with Crippen LogP contribution in [0.4, 0.5) is 0 Å². The molecule has 0 spiro atoms. The topological polar surface area (TPSA) is 38.2 Å². The molecule has 0 N–H and O–H groups in total. The van der Waals surface area contributed by atoms with Crippen LogP contribution in [0.2, 0.25) is 0 Å². The summed E-state index contributed by atoms with van der Waals surface area (Å²) in [5.74, 6) is 1.85. The smallest absolute Gasteiger partial charge is 0.233 e. The van der Waals surface area contributed by atoms with Gasteiger partial charge < -0.3 is 4.74 Å². The van der Waals surface area contributed by atoms with Gasteiger partial charge in [0.1, 0.15) is 0 Å². The molecule has 0 bridgehead atoms. The van der Waals surface area contributed by atoms with Crippen LogP contribution in [0.5, 0.6) is 5.88 Å². The highest BCUT2D eigenvalue weighted by Gasteiger charge is 2.33. The van der Waals surface area contributed by atoms with Gasteiger partial charge in [0.2, 0.25) is 5.88 Å². The second-order valence-electron chi connectivity index (χ2n) is 5.30. The average molecular weight is 279 g/mol. The van der Waals surface area contributed by atoms with Crippen molar-refractivity contribution in [3.05, 3.63) is 17.8 Å². The van der Waals surface area contributed by atoms with Crippen molar-refractivity contribution < 1.29 is 4.74 Å². The van der Waals surface area contributed by atoms with Gasteiger partial charge in [-0.3, -0.25) is 4.90 Å². The fourth-order valence-electron chi connectivity index (χ4n) is 3.12. The normalized spacial score (nSPS) is 27.8. The molecule has 2 aliphatic rings. The van der Waals surface area contributed by atoms with Gasteiger partial charge in [-0.1, -0.05) is 12.8 Å². The SMILES string of the molecule is COc1ccc(CN2CCS[C@@H]3CCCC[C@H]32)nn1. The zero-order valence-electron chi connectivity index (χ0n) is 11.4. The number of hydrogen-bond donors (Lipinski definition) is 0. The highest BCUT2D eigenvalue weighted by molar-refractivity contribution is 8.00. The van der Waals surface area contributed by atoms with Crippen LogP contribution in [0.25, 0.3) is 0 Å². The molecule has 2 fully saturated rings. The molecule has 0 amide bonds. The standard InChI is InChI=1S/C14H21N3OS/c1-18-14-7-6-11(15-16-14)10-17-8-9-19-13-5-3-2-4-12(13)17/h6-7,12-13H,2-5,8-10H2,1H3/t12-,13-/m1/s1. The molecular formula is C14H21N3OS. The third-order valence-electron chi connectivity index (χ3n) is 4.12. The van der Waals surface area contributed by atoms with Crippen molar-refractivity contribution in [3.8, 4) is 5.88 Å². The molecule has 1 aliphatic heterocycles. The third kappa shape index (κ3) is 3.03. The van der Waals surface area contributed by atoms with Crippen LogP contribution in [-0.4, -0.2) is 45.8 Å². The lowest BCUT2D eigenvalue weighted by molar-refractivity contribution is 0.153. The maximum atomic E-state index is 5.05. The minimum Gasteiger partial charge on any atom is -0.480 e. The number of methoxy groups -OCH3 is 1. The molecule has 1 aromatic heterocycles. The number of nitrogens with zero attached hydrogens (tertiary/aromatic N) is 3. The lowest BCUT2D eigenvalue weighted by Gasteiger charge is -2.43. The number of ether oxygens (including phenoxy) is 1. The summed E-state index contributed by atoms with van der Waals surface area (Å²) >= 11 is 2.17. The predicted octanol–water partition coefficient (Wildman–Crippen LogP) is 2.35. The molecule has 1 saturated carbocycles. The summed E-state index contributed by atoms with van der Waals surface area (Å²) in [4.78, 5) is 2.61. The van der Waals surface area contributed by atoms with Crippen LogP contribution < -0.4 is 4.74 Å². The van der Waals surface area contributed by atoms with Gasteiger partial charge in [0, 0.05) is 36.2 Å². The highest BCUT2D eigenvalue weighted by Crippen LogP contribution is 2.35. The zero-order valence-corrected chi connectivity index (χ0v) is 12.2. The van der Waals surface area contributed by atoms with E-state index in [1.807, 2.05) is 12.1 Å². The average Bonchev–Trinajstić information content (AvgIpc) is 2.48. The molecule has 5 heteroatoms. The molecule has 0 radical (unpaired) electrons. The quantitative estimate of drug-likeness (QED) is 0.849. The highest BCUT2D eigenvalue weighted by atomic mass is 32.2. The Hall–Kier alpha value is -0.810. The fraction of sp³-hybridized carbons (Fsp3) is 0.714. The first kappa shape index (κ1) is 13.2. The van der Waals surface area contributed by atoms with Crippen LogP contribution in [-0.2, 0) is 6.54 Å². The number of hydrogen-bond acceptors (Lipinski definition) is 5. The van der Waals surface area contributed by atoms with Crippen LogP contribution in [0.1, 0.15) is 31.4 Å². The third-order valence-corrected chi connectivity index (χ3v) is 5.51. The van der Waals surface area contributed by atoms with E-state index in [-0.39, 0.29) is 0 Å². The summed E-state index contributed by atoms with van der Waals surface area (Å²) in [5.41, 5.74) is 1.05. The van der Waals surface area contributed by atoms with Crippen molar-refractivity contribution in [1.29, 1.82) is 0 Å². The molecule has 3 rings (SSSR count). The van der Waals surface area contributed by atoms with Crippen molar-refractivity contribution in [2.75, 3.05) is 19.4 Å². The van der Waals surface area contributed by atoms with E-state index in [2.05, 4.69) is 26.9 Å². The number of aromatic nitrogens is 2. The Morgan fingerprint density at radius 3 is 3.00 bits per heavy atom. The summed E-state index contributed by atoms with van der Waals surface area (Å²) in [5, 5.41) is 9.16. The van der Waals surface area contributed by atoms with Crippen LogP contribution >= 0.6 is 11.8 Å². The molecule has 19 heavy (non-hydrogen) atoms. The van der Waals surface area contributed by atoms with Crippen LogP contribution in [0, 0.1) is 0 Å². The molecule has 0 unspecified atom stereocenters. The van der Waals surface area contributed by atoms with Gasteiger partial charge in [0.15, 0.2) is 0 Å². The largest absolute Gasteiger partial charge is 0.480 e. The van der Waals surface area contributed by atoms with Gasteiger partial charge in [-0.05, 0) is 18.9 Å². The molecule has 104 valence electrons. The number of rotatable bonds is 3. The maximum absolute atomic E-state index is 5.05. The molecule has 1 aromatic rings. The lowest BCUT2D eigenvalue weighted by Crippen LogP contribution is -2.48. The van der Waals surface area contributed by atoms with Gasteiger partial charge in [-0.15, -0.1) is 5.10 Å². The summed E-state index contributed by atoms with van der Waals surface area (Å²) in [6.45, 7) is 2.11. The first-order valence-corrected chi connectivity index (χ1v) is 8.14. The molecular weight excluding hydrogens is 258 g/mol. The molecule has 0 aromatic carbocycles. The minimum absolute atomic E-state index is 0.591. The van der Waals surface area contributed by atoms with E-state index in [0.717, 1.165) is 23.5 Å². The van der Waals surface area contributed by atoms with Crippen molar-refractivity contribution >= 4 is 11.8 Å². The molecule has 2 atom stereocenters. The van der Waals surface area contributed by atoms with Crippen LogP contribution in [0.15, 0.2) is 12.1 Å². The number of thioether (sulfide) groups is 1. The van der Waals surface area contributed by atoms with E-state index < -0.39 is 0 Å². The van der Waals surface area contributed by atoms with Gasteiger partial charge in [-0.25, -0.2) is 0 Å². The van der Waals surface area contributed by atoms with E-state index >= 15 is 0 Å². The Morgan fingerprint density at radius 2 is 2.21 bits per heavy atom. The summed E-state index contributed by atoms with van der Waals surface area (Å²) in [7, 11) is 1.62. The Labute approximate surface area is 118 Å². The Morgan fingerprint density at radius 1 is 1.32 bits per heavy atom. The first-order chi connectivity index (χ1) is 9.36. The van der Waals surface area contributed by atoms with Crippen molar-refractivity contribution in [2.24, 2.45) is 0 Å². The van der Waals surface area contributed by atoms with Gasteiger partial charge in [0.25, 0.3) is 0 Å². The van der Waals surface area contributed by atoms with Crippen LogP contribution in [0.3, 0.4) is 0 Å². The molecule has 1 saturated heterocycles. The van der Waals surface area contributed by atoms with Crippen molar-refractivity contribution in [2.45, 2.75) is 43.5 Å². The lowest BCUT2D eigenvalue weighted by atomic mass is 9.93. The predicted molar refractivity (Wildman–Crippen MR) is 77.5 cm³/mol. The van der Waals surface area contributed by atoms with Gasteiger partial charge >= 0.3 is 0 Å². The second kappa shape index (κ2) is 6.09. The first-order valence-electron chi connectivity index (χ1n) is 7.09. The summed E-state index contributed by atoms with van der Waals surface area (Å²) in [6, 6.07) is 4.68. The fourth-order valence-corrected chi connectivity index (χ4v) is 4.63. The van der Waals surface area contributed by atoms with E-state index in [0.29, 0.717) is 5.88 Å². The van der Waals surface area contributed by atoms with E-state index in [1.165, 1.54) is 38.0 Å². The van der Waals surface area contributed by atoms with Crippen molar-refractivity contribution in [1.82, 2.24) is 15.1 Å². The second-order valence-corrected chi connectivity index (χ2v) is 6.65. The Bertz CT molecular complexity index is 410. The van der Waals surface area contributed by atoms with E-state index in [1.54, 1.807) is 7.11 Å². The summed E-state index contributed by atoms with van der Waals surface area (Å²) < 4.78 is 5.05. The molecule has 2 heterocycles. The van der Waals surface area contributed by atoms with Gasteiger partial charge in [-0.2, -0.15) is 16.9 Å². The van der Waals surface area contributed by atoms with Gasteiger partial charge in [0.05, 0.1) is 12.8 Å². The minimum atomic E-state index is 0.591. The Kier molecular flexibility index (Phi) is 4.23. The van der Waals surface area contributed by atoms with E-state index in [9.17, 15) is 0 Å². The molecule has 4 nitrogen and oxygen atoms in total. The van der Waals surface area contributed by atoms with E-state index in [4.69, 9.17) is 4.74 Å². The zero-order chi connectivity index (χ0) is 13.1. The maximum Gasteiger partial charge on any atom is 0.233 e. The monoisotopic (exact) mass is 279 g/mol. The summed E-state index contributed by atoms with van der Waals surface area (Å²) in [6.07, 6.45) is 5.53. The number of fused-ring (bicyclic) bond motifs is 1. The molecule has 1 aliphatic carbocycles.